The van der Waals surface area contributed by atoms with Gasteiger partial charge in [0.05, 0.1) is 25.5 Å². The Balaban J connectivity index is 1.91. The van der Waals surface area contributed by atoms with Crippen LogP contribution < -0.4 is 10.1 Å². The molecule has 2 heterocycles. The summed E-state index contributed by atoms with van der Waals surface area (Å²) in [6.07, 6.45) is 3.40. The van der Waals surface area contributed by atoms with Gasteiger partial charge in [0.15, 0.2) is 0 Å². The normalized spacial score (nSPS) is 10.6. The van der Waals surface area contributed by atoms with E-state index in [-0.39, 0.29) is 5.82 Å². The first kappa shape index (κ1) is 15.0. The average molecular weight is 313 g/mol. The third-order valence-electron chi connectivity index (χ3n) is 3.41. The molecule has 1 N–H and O–H groups in total. The minimum absolute atomic E-state index is 0.341. The molecule has 0 amide bonds. The van der Waals surface area contributed by atoms with E-state index < -0.39 is 0 Å². The first-order valence-corrected chi connectivity index (χ1v) is 7.11. The Bertz CT molecular complexity index is 817. The van der Waals surface area contributed by atoms with Crippen LogP contribution in [0.1, 0.15) is 11.5 Å². The maximum absolute atomic E-state index is 13.4. The number of aromatic nitrogens is 2. The number of ether oxygens (including phenoxy) is 1. The first-order chi connectivity index (χ1) is 11.2. The zero-order valence-corrected chi connectivity index (χ0v) is 12.8. The van der Waals surface area contributed by atoms with Crippen LogP contribution in [0.4, 0.5) is 10.1 Å². The molecule has 3 rings (SSSR count). The molecule has 0 radical (unpaired) electrons. The average Bonchev–Trinajstić information content (AvgIpc) is 2.98. The molecule has 5 nitrogen and oxygen atoms in total. The van der Waals surface area contributed by atoms with E-state index in [9.17, 15) is 4.39 Å². The van der Waals surface area contributed by atoms with Gasteiger partial charge in [0.2, 0.25) is 0 Å². The number of nitrogens with zero attached hydrogens (tertiary/aromatic N) is 2. The second kappa shape index (κ2) is 6.48. The van der Waals surface area contributed by atoms with E-state index >= 15 is 0 Å². The fraction of sp³-hybridized carbons (Fsp3) is 0.176. The summed E-state index contributed by atoms with van der Waals surface area (Å²) in [5, 5.41) is 7.22. The second-order valence-electron chi connectivity index (χ2n) is 5.05. The van der Waals surface area contributed by atoms with Gasteiger partial charge in [-0.2, -0.15) is 0 Å². The lowest BCUT2D eigenvalue weighted by Gasteiger charge is -2.13. The Morgan fingerprint density at radius 1 is 1.22 bits per heavy atom. The fourth-order valence-electron chi connectivity index (χ4n) is 2.34. The van der Waals surface area contributed by atoms with Crippen molar-refractivity contribution in [3.8, 4) is 16.9 Å². The molecule has 0 aliphatic carbocycles. The lowest BCUT2D eigenvalue weighted by Crippen LogP contribution is -2.02. The van der Waals surface area contributed by atoms with Crippen molar-refractivity contribution in [1.82, 2.24) is 10.1 Å². The predicted molar refractivity (Wildman–Crippen MR) is 84.7 cm³/mol. The van der Waals surface area contributed by atoms with Crippen molar-refractivity contribution in [3.05, 3.63) is 60.0 Å². The van der Waals surface area contributed by atoms with Gasteiger partial charge in [0.25, 0.3) is 0 Å². The van der Waals surface area contributed by atoms with Crippen LogP contribution in [-0.2, 0) is 6.54 Å². The van der Waals surface area contributed by atoms with E-state index in [0.717, 1.165) is 28.3 Å². The quantitative estimate of drug-likeness (QED) is 0.776. The van der Waals surface area contributed by atoms with Gasteiger partial charge in [0.1, 0.15) is 23.0 Å². The summed E-state index contributed by atoms with van der Waals surface area (Å²) in [6, 6.07) is 8.17. The maximum Gasteiger partial charge on any atom is 0.133 e. The Morgan fingerprint density at radius 3 is 2.83 bits per heavy atom. The van der Waals surface area contributed by atoms with E-state index in [1.807, 2.05) is 19.1 Å². The van der Waals surface area contributed by atoms with E-state index in [1.54, 1.807) is 18.5 Å². The second-order valence-corrected chi connectivity index (χ2v) is 5.05. The number of rotatable bonds is 5. The standard InChI is InChI=1S/C17H16FN3O2/c1-11-7-13(21-23-11)9-20-16-10-19-6-5-14(16)15-4-3-12(18)8-17(15)22-2/h3-8,10,20H,9H2,1-2H3. The number of hydrogen-bond donors (Lipinski definition) is 1. The van der Waals surface area contributed by atoms with Crippen molar-refractivity contribution < 1.29 is 13.7 Å². The Labute approximate surface area is 133 Å². The molecule has 0 saturated carbocycles. The van der Waals surface area contributed by atoms with Gasteiger partial charge in [-0.25, -0.2) is 4.39 Å². The summed E-state index contributed by atoms with van der Waals surface area (Å²) >= 11 is 0. The number of methoxy groups -OCH3 is 1. The number of benzene rings is 1. The largest absolute Gasteiger partial charge is 0.496 e. The molecule has 0 unspecified atom stereocenters. The highest BCUT2D eigenvalue weighted by molar-refractivity contribution is 5.81. The molecule has 0 saturated heterocycles. The molecule has 2 aromatic heterocycles. The number of hydrogen-bond acceptors (Lipinski definition) is 5. The third-order valence-corrected chi connectivity index (χ3v) is 3.41. The fourth-order valence-corrected chi connectivity index (χ4v) is 2.34. The highest BCUT2D eigenvalue weighted by atomic mass is 19.1. The van der Waals surface area contributed by atoms with E-state index in [1.165, 1.54) is 19.2 Å². The number of nitrogens with one attached hydrogen (secondary N) is 1. The Hall–Kier alpha value is -2.89. The molecule has 0 atom stereocenters. The molecular formula is C17H16FN3O2. The van der Waals surface area contributed by atoms with Crippen LogP contribution in [0.5, 0.6) is 5.75 Å². The summed E-state index contributed by atoms with van der Waals surface area (Å²) in [4.78, 5) is 4.14. The van der Waals surface area contributed by atoms with Gasteiger partial charge in [-0.1, -0.05) is 5.16 Å². The van der Waals surface area contributed by atoms with E-state index in [4.69, 9.17) is 9.26 Å². The minimum atomic E-state index is -0.341. The summed E-state index contributed by atoms with van der Waals surface area (Å²) in [7, 11) is 1.52. The molecule has 118 valence electrons. The Kier molecular flexibility index (Phi) is 4.23. The van der Waals surface area contributed by atoms with Crippen LogP contribution in [-0.4, -0.2) is 17.3 Å². The van der Waals surface area contributed by atoms with Crippen molar-refractivity contribution in [2.75, 3.05) is 12.4 Å². The van der Waals surface area contributed by atoms with Crippen LogP contribution in [0.25, 0.3) is 11.1 Å². The molecule has 0 aliphatic heterocycles. The van der Waals surface area contributed by atoms with Crippen molar-refractivity contribution in [2.24, 2.45) is 0 Å². The Morgan fingerprint density at radius 2 is 2.09 bits per heavy atom. The van der Waals surface area contributed by atoms with E-state index in [0.29, 0.717) is 12.3 Å². The lowest BCUT2D eigenvalue weighted by atomic mass is 10.0. The molecule has 3 aromatic rings. The number of halogens is 1. The number of pyridine rings is 1. The van der Waals surface area contributed by atoms with Gasteiger partial charge >= 0.3 is 0 Å². The molecule has 0 aliphatic rings. The van der Waals surface area contributed by atoms with Crippen molar-refractivity contribution in [2.45, 2.75) is 13.5 Å². The monoisotopic (exact) mass is 313 g/mol. The van der Waals surface area contributed by atoms with Crippen molar-refractivity contribution in [3.63, 3.8) is 0 Å². The van der Waals surface area contributed by atoms with Gasteiger partial charge < -0.3 is 14.6 Å². The zero-order valence-electron chi connectivity index (χ0n) is 12.8. The van der Waals surface area contributed by atoms with Crippen molar-refractivity contribution in [1.29, 1.82) is 0 Å². The van der Waals surface area contributed by atoms with Crippen LogP contribution in [0.2, 0.25) is 0 Å². The topological polar surface area (TPSA) is 60.2 Å². The lowest BCUT2D eigenvalue weighted by molar-refractivity contribution is 0.391. The molecule has 0 fully saturated rings. The number of anilines is 1. The summed E-state index contributed by atoms with van der Waals surface area (Å²) in [5.74, 6) is 0.886. The third kappa shape index (κ3) is 3.31. The molecule has 1 aromatic carbocycles. The summed E-state index contributed by atoms with van der Waals surface area (Å²) in [6.45, 7) is 2.34. The predicted octanol–water partition coefficient (Wildman–Crippen LogP) is 3.80. The first-order valence-electron chi connectivity index (χ1n) is 7.11. The van der Waals surface area contributed by atoms with Crippen LogP contribution in [0.3, 0.4) is 0 Å². The van der Waals surface area contributed by atoms with Crippen molar-refractivity contribution >= 4 is 5.69 Å². The molecular weight excluding hydrogens is 297 g/mol. The highest BCUT2D eigenvalue weighted by Gasteiger charge is 2.12. The minimum Gasteiger partial charge on any atom is -0.496 e. The SMILES string of the molecule is COc1cc(F)ccc1-c1ccncc1NCc1cc(C)on1. The maximum atomic E-state index is 13.4. The molecule has 0 spiro atoms. The molecule has 0 bridgehead atoms. The summed E-state index contributed by atoms with van der Waals surface area (Å²) in [5.41, 5.74) is 3.26. The zero-order chi connectivity index (χ0) is 16.2. The number of aryl methyl sites for hydroxylation is 1. The smallest absolute Gasteiger partial charge is 0.133 e. The highest BCUT2D eigenvalue weighted by Crippen LogP contribution is 2.35. The van der Waals surface area contributed by atoms with Gasteiger partial charge in [-0.3, -0.25) is 4.98 Å². The van der Waals surface area contributed by atoms with Crippen LogP contribution in [0, 0.1) is 12.7 Å². The van der Waals surface area contributed by atoms with Gasteiger partial charge in [-0.05, 0) is 25.1 Å². The van der Waals surface area contributed by atoms with E-state index in [2.05, 4.69) is 15.5 Å². The van der Waals surface area contributed by atoms with Crippen LogP contribution >= 0.6 is 0 Å². The summed E-state index contributed by atoms with van der Waals surface area (Å²) < 4.78 is 23.7. The molecule has 23 heavy (non-hydrogen) atoms. The van der Waals surface area contributed by atoms with Gasteiger partial charge in [-0.15, -0.1) is 0 Å². The molecule has 6 heteroatoms. The van der Waals surface area contributed by atoms with Crippen LogP contribution in [0.15, 0.2) is 47.2 Å². The van der Waals surface area contributed by atoms with Gasteiger partial charge in [0, 0.05) is 29.5 Å².